The maximum atomic E-state index is 11.0. The molecule has 0 atom stereocenters. The average Bonchev–Trinajstić information content (AvgIpc) is 2.17. The Hall–Kier alpha value is -0.150. The van der Waals surface area contributed by atoms with E-state index in [0.29, 0.717) is 6.04 Å². The summed E-state index contributed by atoms with van der Waals surface area (Å²) in [6, 6.07) is 0.324. The van der Waals surface area contributed by atoms with E-state index in [0.717, 1.165) is 12.8 Å². The highest BCUT2D eigenvalue weighted by Gasteiger charge is 2.22. The monoisotopic (exact) mass is 227 g/mol. The van der Waals surface area contributed by atoms with E-state index in [1.165, 1.54) is 19.3 Å². The Balaban J connectivity index is 0.00000144. The minimum absolute atomic E-state index is 0. The van der Waals surface area contributed by atoms with Gasteiger partial charge in [-0.3, -0.25) is 0 Å². The smallest absolute Gasteiger partial charge is 0.330 e. The summed E-state index contributed by atoms with van der Waals surface area (Å²) in [6.07, 6.45) is 5.38. The van der Waals surface area contributed by atoms with E-state index in [-0.39, 0.29) is 12.4 Å². The van der Waals surface area contributed by atoms with Crippen LogP contribution in [-0.4, -0.2) is 24.1 Å². The highest BCUT2D eigenvalue weighted by molar-refractivity contribution is 6.12. The molecule has 0 N–H and O–H groups in total. The molecule has 13 heavy (non-hydrogen) atoms. The molecule has 1 rings (SSSR count). The lowest BCUT2D eigenvalue weighted by Crippen LogP contribution is -2.37. The van der Waals surface area contributed by atoms with Crippen LogP contribution in [-0.2, 0) is 4.29 Å². The fourth-order valence-electron chi connectivity index (χ4n) is 1.67. The molecular weight excluding hydrogens is 213 g/mol. The number of halogens is 2. The maximum Gasteiger partial charge on any atom is 0.428 e. The number of hydrogen-bond donors (Lipinski definition) is 0. The molecule has 0 unspecified atom stereocenters. The average molecular weight is 228 g/mol. The van der Waals surface area contributed by atoms with Crippen LogP contribution in [0.4, 0.5) is 4.79 Å². The van der Waals surface area contributed by atoms with Crippen molar-refractivity contribution in [1.29, 1.82) is 0 Å². The van der Waals surface area contributed by atoms with Crippen molar-refractivity contribution in [2.24, 2.45) is 0 Å². The molecule has 0 bridgehead atoms. The molecule has 0 spiro atoms. The van der Waals surface area contributed by atoms with Crippen LogP contribution in [0.5, 0.6) is 0 Å². The molecule has 0 aliphatic heterocycles. The van der Waals surface area contributed by atoms with Crippen molar-refractivity contribution in [3.63, 3.8) is 0 Å². The van der Waals surface area contributed by atoms with Gasteiger partial charge in [0.15, 0.2) is 0 Å². The standard InChI is InChI=1S/C8H14ClNO2.ClH/c1-10(8(11)12-9)7-5-3-2-4-6-7;/h7H,2-6H2,1H3;1H. The van der Waals surface area contributed by atoms with Gasteiger partial charge in [-0.15, -0.1) is 12.4 Å². The predicted molar refractivity (Wildman–Crippen MR) is 54.2 cm³/mol. The normalized spacial score (nSPS) is 17.4. The summed E-state index contributed by atoms with van der Waals surface area (Å²) >= 11 is 4.97. The van der Waals surface area contributed by atoms with E-state index in [1.54, 1.807) is 11.9 Å². The van der Waals surface area contributed by atoms with Crippen LogP contribution in [0.15, 0.2) is 0 Å². The van der Waals surface area contributed by atoms with Crippen LogP contribution >= 0.6 is 24.3 Å². The molecule has 0 saturated heterocycles. The second-order valence-corrected chi connectivity index (χ2v) is 3.40. The summed E-state index contributed by atoms with van der Waals surface area (Å²) in [5.74, 6) is 0. The van der Waals surface area contributed by atoms with E-state index < -0.39 is 6.09 Å². The Morgan fingerprint density at radius 2 is 1.92 bits per heavy atom. The lowest BCUT2D eigenvalue weighted by atomic mass is 9.95. The molecular formula is C8H15Cl2NO2. The Labute approximate surface area is 90.0 Å². The SMILES string of the molecule is CN(C(=O)OCl)C1CCCCC1.Cl. The molecule has 1 saturated carbocycles. The molecule has 0 aromatic carbocycles. The lowest BCUT2D eigenvalue weighted by Gasteiger charge is -2.29. The third-order valence-electron chi connectivity index (χ3n) is 2.48. The van der Waals surface area contributed by atoms with Crippen LogP contribution in [0, 0.1) is 0 Å². The fourth-order valence-corrected chi connectivity index (χ4v) is 1.78. The zero-order valence-corrected chi connectivity index (χ0v) is 9.24. The molecule has 1 aliphatic carbocycles. The van der Waals surface area contributed by atoms with Gasteiger partial charge in [0, 0.05) is 13.1 Å². The third-order valence-corrected chi connectivity index (χ3v) is 2.61. The van der Waals surface area contributed by atoms with Gasteiger partial charge in [0.1, 0.15) is 11.9 Å². The molecule has 0 aromatic rings. The molecule has 1 aliphatic rings. The Bertz CT molecular complexity index is 160. The van der Waals surface area contributed by atoms with Crippen LogP contribution in [0.25, 0.3) is 0 Å². The van der Waals surface area contributed by atoms with Crippen molar-refractivity contribution in [2.45, 2.75) is 38.1 Å². The van der Waals surface area contributed by atoms with Crippen molar-refractivity contribution < 1.29 is 9.08 Å². The van der Waals surface area contributed by atoms with Gasteiger partial charge in [0.2, 0.25) is 0 Å². The van der Waals surface area contributed by atoms with E-state index in [4.69, 9.17) is 11.9 Å². The largest absolute Gasteiger partial charge is 0.428 e. The highest BCUT2D eigenvalue weighted by Crippen LogP contribution is 2.21. The minimum Gasteiger partial charge on any atom is -0.330 e. The Morgan fingerprint density at radius 1 is 1.38 bits per heavy atom. The molecule has 5 heteroatoms. The number of rotatable bonds is 1. The van der Waals surface area contributed by atoms with Gasteiger partial charge >= 0.3 is 6.09 Å². The zero-order chi connectivity index (χ0) is 8.97. The van der Waals surface area contributed by atoms with Gasteiger partial charge in [0.05, 0.1) is 0 Å². The van der Waals surface area contributed by atoms with Gasteiger partial charge in [-0.25, -0.2) is 4.79 Å². The second kappa shape index (κ2) is 6.33. The summed E-state index contributed by atoms with van der Waals surface area (Å²) in [6.45, 7) is 0. The van der Waals surface area contributed by atoms with Crippen LogP contribution in [0.3, 0.4) is 0 Å². The second-order valence-electron chi connectivity index (χ2n) is 3.25. The molecule has 78 valence electrons. The van der Waals surface area contributed by atoms with Crippen LogP contribution in [0.1, 0.15) is 32.1 Å². The molecule has 3 nitrogen and oxygen atoms in total. The minimum atomic E-state index is -0.441. The predicted octanol–water partition coefficient (Wildman–Crippen LogP) is 2.96. The van der Waals surface area contributed by atoms with E-state index in [2.05, 4.69) is 4.29 Å². The van der Waals surface area contributed by atoms with Gasteiger partial charge in [-0.1, -0.05) is 19.3 Å². The van der Waals surface area contributed by atoms with Gasteiger partial charge in [-0.2, -0.15) is 0 Å². The summed E-state index contributed by atoms with van der Waals surface area (Å²) in [4.78, 5) is 12.6. The number of hydrogen-bond acceptors (Lipinski definition) is 2. The summed E-state index contributed by atoms with van der Waals surface area (Å²) in [5.41, 5.74) is 0. The van der Waals surface area contributed by atoms with Gasteiger partial charge in [-0.05, 0) is 12.8 Å². The first-order valence-electron chi connectivity index (χ1n) is 4.31. The molecule has 1 fully saturated rings. The molecule has 0 aromatic heterocycles. The van der Waals surface area contributed by atoms with Crippen LogP contribution in [0.2, 0.25) is 0 Å². The Kier molecular flexibility index (Phi) is 6.25. The number of nitrogens with zero attached hydrogens (tertiary/aromatic N) is 1. The van der Waals surface area contributed by atoms with E-state index in [1.807, 2.05) is 0 Å². The quantitative estimate of drug-likeness (QED) is 0.690. The molecule has 0 heterocycles. The van der Waals surface area contributed by atoms with Crippen molar-refractivity contribution in [1.82, 2.24) is 4.90 Å². The summed E-state index contributed by atoms with van der Waals surface area (Å²) < 4.78 is 4.12. The lowest BCUT2D eigenvalue weighted by molar-refractivity contribution is 0.136. The molecule has 0 radical (unpaired) electrons. The summed E-state index contributed by atoms with van der Waals surface area (Å²) in [7, 11) is 1.74. The summed E-state index contributed by atoms with van der Waals surface area (Å²) in [5, 5.41) is 0. The fraction of sp³-hybridized carbons (Fsp3) is 0.875. The first-order chi connectivity index (χ1) is 5.75. The first kappa shape index (κ1) is 12.8. The topological polar surface area (TPSA) is 29.5 Å². The first-order valence-corrected chi connectivity index (χ1v) is 4.62. The van der Waals surface area contributed by atoms with Crippen LogP contribution < -0.4 is 0 Å². The van der Waals surface area contributed by atoms with Gasteiger partial charge < -0.3 is 9.19 Å². The van der Waals surface area contributed by atoms with Gasteiger partial charge in [0.25, 0.3) is 0 Å². The number of carbonyl (C=O) groups is 1. The molecule has 1 amide bonds. The van der Waals surface area contributed by atoms with Crippen molar-refractivity contribution in [2.75, 3.05) is 7.05 Å². The zero-order valence-electron chi connectivity index (χ0n) is 7.66. The van der Waals surface area contributed by atoms with Crippen molar-refractivity contribution in [3.05, 3.63) is 0 Å². The Morgan fingerprint density at radius 3 is 2.38 bits per heavy atom. The van der Waals surface area contributed by atoms with Crippen molar-refractivity contribution >= 4 is 30.4 Å². The van der Waals surface area contributed by atoms with E-state index in [9.17, 15) is 4.79 Å². The highest BCUT2D eigenvalue weighted by atomic mass is 35.5. The number of carbonyl (C=O) groups excluding carboxylic acids is 1. The third kappa shape index (κ3) is 3.61. The van der Waals surface area contributed by atoms with Crippen molar-refractivity contribution in [3.8, 4) is 0 Å². The number of amides is 1. The maximum absolute atomic E-state index is 11.0. The van der Waals surface area contributed by atoms with E-state index >= 15 is 0 Å².